The maximum Gasteiger partial charge on any atom is 0.0835 e. The molecule has 90 valence electrons. The number of halogens is 3. The minimum Gasteiger partial charge on any atom is -0.379 e. The van der Waals surface area contributed by atoms with Gasteiger partial charge in [-0.2, -0.15) is 0 Å². The number of hydrogen-bond donors (Lipinski definition) is 1. The van der Waals surface area contributed by atoms with Gasteiger partial charge in [-0.25, -0.2) is 0 Å². The fourth-order valence-electron chi connectivity index (χ4n) is 1.42. The topological polar surface area (TPSA) is 12.0 Å². The van der Waals surface area contributed by atoms with Crippen molar-refractivity contribution in [2.45, 2.75) is 13.5 Å². The zero-order valence-electron chi connectivity index (χ0n) is 9.06. The molecule has 1 nitrogen and oxygen atoms in total. The minimum absolute atomic E-state index is 0.541. The Balaban J connectivity index is 2.12. The summed E-state index contributed by atoms with van der Waals surface area (Å²) < 4.78 is 0.807. The molecule has 0 atom stereocenters. The van der Waals surface area contributed by atoms with Gasteiger partial charge in [0, 0.05) is 20.8 Å². The first-order chi connectivity index (χ1) is 8.08. The van der Waals surface area contributed by atoms with Crippen LogP contribution in [0.3, 0.4) is 0 Å². The van der Waals surface area contributed by atoms with Crippen LogP contribution in [0, 0.1) is 6.92 Å². The Hall–Kier alpha value is -0.220. The van der Waals surface area contributed by atoms with Crippen molar-refractivity contribution in [2.24, 2.45) is 0 Å². The monoisotopic (exact) mass is 349 g/mol. The maximum atomic E-state index is 6.15. The highest BCUT2D eigenvalue weighted by Gasteiger charge is 2.08. The lowest BCUT2D eigenvalue weighted by Crippen LogP contribution is -1.98. The Morgan fingerprint density at radius 2 is 1.94 bits per heavy atom. The third kappa shape index (κ3) is 3.16. The molecule has 1 aromatic heterocycles. The summed E-state index contributed by atoms with van der Waals surface area (Å²) in [5.41, 5.74) is 0.853. The third-order valence-corrected chi connectivity index (χ3v) is 5.06. The normalized spacial score (nSPS) is 10.6. The molecule has 0 spiro atoms. The molecule has 1 heterocycles. The van der Waals surface area contributed by atoms with E-state index in [0.717, 1.165) is 16.7 Å². The average Bonchev–Trinajstić information content (AvgIpc) is 2.71. The summed E-state index contributed by atoms with van der Waals surface area (Å²) in [6.07, 6.45) is 0. The molecule has 2 aromatic rings. The lowest BCUT2D eigenvalue weighted by molar-refractivity contribution is 1.19. The van der Waals surface area contributed by atoms with Crippen molar-refractivity contribution in [3.8, 4) is 0 Å². The van der Waals surface area contributed by atoms with E-state index in [0.29, 0.717) is 10.0 Å². The van der Waals surface area contributed by atoms with Crippen LogP contribution in [-0.4, -0.2) is 0 Å². The summed E-state index contributed by atoms with van der Waals surface area (Å²) in [4.78, 5) is 2.58. The number of benzene rings is 1. The smallest absolute Gasteiger partial charge is 0.0835 e. The molecule has 0 bridgehead atoms. The lowest BCUT2D eigenvalue weighted by Gasteiger charge is -2.09. The Kier molecular flexibility index (Phi) is 4.36. The maximum absolute atomic E-state index is 6.15. The van der Waals surface area contributed by atoms with Crippen LogP contribution in [0.1, 0.15) is 9.75 Å². The van der Waals surface area contributed by atoms with Gasteiger partial charge in [0.1, 0.15) is 0 Å². The van der Waals surface area contributed by atoms with E-state index >= 15 is 0 Å². The van der Waals surface area contributed by atoms with Gasteiger partial charge in [0.2, 0.25) is 0 Å². The summed E-state index contributed by atoms with van der Waals surface area (Å²) in [5.74, 6) is 0. The molecule has 0 aliphatic rings. The van der Waals surface area contributed by atoms with Gasteiger partial charge in [0.25, 0.3) is 0 Å². The summed E-state index contributed by atoms with van der Waals surface area (Å²) >= 11 is 17.3. The predicted molar refractivity (Wildman–Crippen MR) is 80.5 cm³/mol. The van der Waals surface area contributed by atoms with Gasteiger partial charge < -0.3 is 5.32 Å². The highest BCUT2D eigenvalue weighted by molar-refractivity contribution is 9.10. The van der Waals surface area contributed by atoms with Crippen LogP contribution < -0.4 is 5.32 Å². The first kappa shape index (κ1) is 13.2. The molecule has 17 heavy (non-hydrogen) atoms. The van der Waals surface area contributed by atoms with E-state index in [4.69, 9.17) is 23.2 Å². The fraction of sp³-hybridized carbons (Fsp3) is 0.167. The van der Waals surface area contributed by atoms with E-state index in [-0.39, 0.29) is 0 Å². The summed E-state index contributed by atoms with van der Waals surface area (Å²) in [6, 6.07) is 8.02. The Morgan fingerprint density at radius 1 is 1.18 bits per heavy atom. The number of nitrogens with one attached hydrogen (secondary N) is 1. The molecule has 5 heteroatoms. The zero-order valence-corrected chi connectivity index (χ0v) is 13.0. The Morgan fingerprint density at radius 3 is 2.59 bits per heavy atom. The first-order valence-corrected chi connectivity index (χ1v) is 7.37. The van der Waals surface area contributed by atoms with Gasteiger partial charge in [-0.1, -0.05) is 23.2 Å². The van der Waals surface area contributed by atoms with Crippen LogP contribution in [0.25, 0.3) is 0 Å². The highest BCUT2D eigenvalue weighted by Crippen LogP contribution is 2.36. The molecule has 0 radical (unpaired) electrons. The molecule has 1 aromatic carbocycles. The van der Waals surface area contributed by atoms with E-state index in [1.54, 1.807) is 11.3 Å². The van der Waals surface area contributed by atoms with E-state index in [2.05, 4.69) is 40.3 Å². The largest absolute Gasteiger partial charge is 0.379 e. The van der Waals surface area contributed by atoms with Crippen molar-refractivity contribution in [1.29, 1.82) is 0 Å². The molecule has 1 N–H and O–H groups in total. The standard InChI is InChI=1S/C12H10BrCl2NS/c1-7-2-3-8(17-7)6-16-10-5-4-9(13)11(14)12(10)15/h2-5,16H,6H2,1H3. The second kappa shape index (κ2) is 5.61. The molecular formula is C12H10BrCl2NS. The molecule has 0 aliphatic carbocycles. The number of hydrogen-bond acceptors (Lipinski definition) is 2. The first-order valence-electron chi connectivity index (χ1n) is 5.00. The zero-order chi connectivity index (χ0) is 12.4. The second-order valence-electron chi connectivity index (χ2n) is 3.59. The second-order valence-corrected chi connectivity index (χ2v) is 6.57. The van der Waals surface area contributed by atoms with Crippen molar-refractivity contribution >= 4 is 56.2 Å². The lowest BCUT2D eigenvalue weighted by atomic mass is 10.3. The molecule has 0 fully saturated rings. The van der Waals surface area contributed by atoms with Crippen molar-refractivity contribution in [3.05, 3.63) is 48.5 Å². The highest BCUT2D eigenvalue weighted by atomic mass is 79.9. The van der Waals surface area contributed by atoms with Crippen LogP contribution in [0.15, 0.2) is 28.7 Å². The number of thiophene rings is 1. The third-order valence-electron chi connectivity index (χ3n) is 2.28. The van der Waals surface area contributed by atoms with E-state index < -0.39 is 0 Å². The quantitative estimate of drug-likeness (QED) is 0.696. The predicted octanol–water partition coefficient (Wildman–Crippen LogP) is 5.74. The number of aryl methyl sites for hydroxylation is 1. The SMILES string of the molecule is Cc1ccc(CNc2ccc(Br)c(Cl)c2Cl)s1. The molecule has 0 saturated carbocycles. The minimum atomic E-state index is 0.541. The van der Waals surface area contributed by atoms with Gasteiger partial charge in [-0.05, 0) is 47.1 Å². The van der Waals surface area contributed by atoms with E-state index in [9.17, 15) is 0 Å². The van der Waals surface area contributed by atoms with Gasteiger partial charge in [0.05, 0.1) is 15.7 Å². The van der Waals surface area contributed by atoms with Gasteiger partial charge >= 0.3 is 0 Å². The Bertz CT molecular complexity index is 539. The van der Waals surface area contributed by atoms with Crippen molar-refractivity contribution in [1.82, 2.24) is 0 Å². The van der Waals surface area contributed by atoms with E-state index in [1.807, 2.05) is 12.1 Å². The van der Waals surface area contributed by atoms with Crippen molar-refractivity contribution in [3.63, 3.8) is 0 Å². The van der Waals surface area contributed by atoms with Crippen LogP contribution in [0.5, 0.6) is 0 Å². The summed E-state index contributed by atoms with van der Waals surface area (Å²) in [7, 11) is 0. The summed E-state index contributed by atoms with van der Waals surface area (Å²) in [6.45, 7) is 2.85. The van der Waals surface area contributed by atoms with Crippen LogP contribution in [-0.2, 0) is 6.54 Å². The van der Waals surface area contributed by atoms with Crippen molar-refractivity contribution in [2.75, 3.05) is 5.32 Å². The van der Waals surface area contributed by atoms with Crippen molar-refractivity contribution < 1.29 is 0 Å². The van der Waals surface area contributed by atoms with E-state index in [1.165, 1.54) is 9.75 Å². The van der Waals surface area contributed by atoms with Gasteiger partial charge in [-0.3, -0.25) is 0 Å². The number of anilines is 1. The van der Waals surface area contributed by atoms with Crippen LogP contribution >= 0.6 is 50.5 Å². The Labute approximate surface area is 123 Å². The van der Waals surface area contributed by atoms with Crippen LogP contribution in [0.2, 0.25) is 10.0 Å². The molecule has 0 unspecified atom stereocenters. The van der Waals surface area contributed by atoms with Gasteiger partial charge in [0.15, 0.2) is 0 Å². The van der Waals surface area contributed by atoms with Gasteiger partial charge in [-0.15, -0.1) is 11.3 Å². The molecule has 0 amide bonds. The van der Waals surface area contributed by atoms with Crippen LogP contribution in [0.4, 0.5) is 5.69 Å². The summed E-state index contributed by atoms with van der Waals surface area (Å²) in [5, 5.41) is 4.37. The number of rotatable bonds is 3. The average molecular weight is 351 g/mol. The molecule has 0 aliphatic heterocycles. The molecule has 0 saturated heterocycles. The molecular weight excluding hydrogens is 341 g/mol. The fourth-order valence-corrected chi connectivity index (χ4v) is 3.10. The molecule has 2 rings (SSSR count).